The van der Waals surface area contributed by atoms with E-state index in [9.17, 15) is 0 Å². The zero-order valence-electron chi connectivity index (χ0n) is 37.4. The summed E-state index contributed by atoms with van der Waals surface area (Å²) in [4.78, 5) is 39.4. The van der Waals surface area contributed by atoms with Crippen LogP contribution in [-0.2, 0) is 0 Å². The highest BCUT2D eigenvalue weighted by Gasteiger charge is 2.20. The molecule has 0 aliphatic carbocycles. The summed E-state index contributed by atoms with van der Waals surface area (Å²) in [6, 6.07) is 70.3. The molecular formula is C60H42N8. The van der Waals surface area contributed by atoms with Crippen LogP contribution in [-0.4, -0.2) is 39.9 Å². The third-order valence-corrected chi connectivity index (χ3v) is 11.8. The zero-order valence-corrected chi connectivity index (χ0v) is 37.4. The molecule has 8 heteroatoms. The largest absolute Gasteiger partial charge is 0.265 e. The molecule has 4 aromatic heterocycles. The summed E-state index contributed by atoms with van der Waals surface area (Å²) in [5, 5.41) is 0. The SMILES string of the molecule is Cc1cc(-c2ccc(-c3ccccc3-c3nc(-c4ccccc4)nc(-c4ccccc4)n3)c(-c3ccc(-c4nc(-c5ccccc5)nc(-c5cccc(-c6ccncc6)c5)n4)cc3)c2)cc(C)n1. The van der Waals surface area contributed by atoms with Crippen molar-refractivity contribution >= 4 is 0 Å². The maximum Gasteiger partial charge on any atom is 0.164 e. The van der Waals surface area contributed by atoms with Crippen LogP contribution in [0.2, 0.25) is 0 Å². The summed E-state index contributed by atoms with van der Waals surface area (Å²) in [5.41, 5.74) is 15.7. The Hall–Kier alpha value is -9.14. The molecule has 68 heavy (non-hydrogen) atoms. The quantitative estimate of drug-likeness (QED) is 0.134. The highest BCUT2D eigenvalue weighted by Crippen LogP contribution is 2.41. The third kappa shape index (κ3) is 8.69. The molecule has 0 spiro atoms. The van der Waals surface area contributed by atoms with E-state index in [-0.39, 0.29) is 0 Å². The molecule has 0 fully saturated rings. The Balaban J connectivity index is 1.05. The molecule has 11 aromatic rings. The van der Waals surface area contributed by atoms with E-state index in [1.54, 1.807) is 12.4 Å². The molecule has 0 N–H and O–H groups in total. The van der Waals surface area contributed by atoms with Crippen LogP contribution < -0.4 is 0 Å². The number of hydrogen-bond acceptors (Lipinski definition) is 8. The predicted molar refractivity (Wildman–Crippen MR) is 273 cm³/mol. The number of benzene rings is 7. The van der Waals surface area contributed by atoms with Crippen molar-refractivity contribution in [2.45, 2.75) is 13.8 Å². The predicted octanol–water partition coefficient (Wildman–Crippen LogP) is 14.1. The average Bonchev–Trinajstić information content (AvgIpc) is 3.41. The normalized spacial score (nSPS) is 11.1. The van der Waals surface area contributed by atoms with Gasteiger partial charge in [0.25, 0.3) is 0 Å². The van der Waals surface area contributed by atoms with Gasteiger partial charge in [-0.15, -0.1) is 0 Å². The Labute approximate surface area is 394 Å². The van der Waals surface area contributed by atoms with Crippen LogP contribution in [0.25, 0.3) is 113 Å². The average molecular weight is 875 g/mol. The van der Waals surface area contributed by atoms with E-state index in [1.807, 2.05) is 135 Å². The number of rotatable bonds is 10. The van der Waals surface area contributed by atoms with Crippen LogP contribution in [0.5, 0.6) is 0 Å². The van der Waals surface area contributed by atoms with Gasteiger partial charge in [-0.05, 0) is 94.8 Å². The second kappa shape index (κ2) is 18.4. The topological polar surface area (TPSA) is 103 Å². The Morgan fingerprint density at radius 3 is 1.18 bits per heavy atom. The van der Waals surface area contributed by atoms with Crippen LogP contribution in [0, 0.1) is 13.8 Å². The van der Waals surface area contributed by atoms with Gasteiger partial charge < -0.3 is 0 Å². The minimum Gasteiger partial charge on any atom is -0.265 e. The zero-order chi connectivity index (χ0) is 45.8. The molecule has 0 atom stereocenters. The molecule has 322 valence electrons. The molecule has 0 saturated carbocycles. The van der Waals surface area contributed by atoms with Crippen molar-refractivity contribution in [3.63, 3.8) is 0 Å². The molecule has 0 unspecified atom stereocenters. The lowest BCUT2D eigenvalue weighted by molar-refractivity contribution is 1.07. The summed E-state index contributed by atoms with van der Waals surface area (Å²) in [7, 11) is 0. The Morgan fingerprint density at radius 1 is 0.221 bits per heavy atom. The van der Waals surface area contributed by atoms with E-state index in [4.69, 9.17) is 29.9 Å². The maximum absolute atomic E-state index is 5.15. The Kier molecular flexibility index (Phi) is 11.2. The summed E-state index contributed by atoms with van der Waals surface area (Å²) < 4.78 is 0. The van der Waals surface area contributed by atoms with Gasteiger partial charge >= 0.3 is 0 Å². The number of nitrogens with zero attached hydrogens (tertiary/aromatic N) is 8. The van der Waals surface area contributed by atoms with Gasteiger partial charge in [-0.25, -0.2) is 29.9 Å². The van der Waals surface area contributed by atoms with Gasteiger partial charge in [0.1, 0.15) is 0 Å². The first-order chi connectivity index (χ1) is 33.5. The maximum atomic E-state index is 5.15. The molecule has 0 saturated heterocycles. The van der Waals surface area contributed by atoms with Gasteiger partial charge in [0.05, 0.1) is 0 Å². The molecule has 0 aliphatic rings. The lowest BCUT2D eigenvalue weighted by Gasteiger charge is -2.17. The number of aryl methyl sites for hydroxylation is 2. The first-order valence-electron chi connectivity index (χ1n) is 22.5. The van der Waals surface area contributed by atoms with E-state index in [2.05, 4.69) is 94.9 Å². The lowest BCUT2D eigenvalue weighted by Crippen LogP contribution is -2.01. The fourth-order valence-corrected chi connectivity index (χ4v) is 8.57. The summed E-state index contributed by atoms with van der Waals surface area (Å²) in [6.45, 7) is 4.08. The smallest absolute Gasteiger partial charge is 0.164 e. The highest BCUT2D eigenvalue weighted by atomic mass is 15.0. The Morgan fingerprint density at radius 2 is 0.618 bits per heavy atom. The van der Waals surface area contributed by atoms with Crippen molar-refractivity contribution in [2.75, 3.05) is 0 Å². The second-order valence-corrected chi connectivity index (χ2v) is 16.5. The summed E-state index contributed by atoms with van der Waals surface area (Å²) in [5.74, 6) is 3.57. The molecule has 7 aromatic carbocycles. The van der Waals surface area contributed by atoms with Crippen molar-refractivity contribution in [3.05, 3.63) is 230 Å². The standard InChI is InChI=1S/C60H42N8/c1-39-35-50(36-40(2)62-39)48-29-30-52(51-23-12-13-24-53(51)60-67-56(44-17-8-4-9-18-44)64-57(68-60)45-19-10-5-11-20-45)54(38-48)42-25-27-46(28-26-42)58-63-55(43-15-6-3-7-16-43)65-59(66-58)49-22-14-21-47(37-49)41-31-33-61-34-32-41/h3-38H,1-2H3. The molecule has 8 nitrogen and oxygen atoms in total. The van der Waals surface area contributed by atoms with Crippen molar-refractivity contribution in [1.29, 1.82) is 0 Å². The van der Waals surface area contributed by atoms with Gasteiger partial charge in [0.15, 0.2) is 34.9 Å². The van der Waals surface area contributed by atoms with Gasteiger partial charge in [0, 0.05) is 57.2 Å². The number of aromatic nitrogens is 8. The van der Waals surface area contributed by atoms with Crippen LogP contribution in [0.4, 0.5) is 0 Å². The number of hydrogen-bond donors (Lipinski definition) is 0. The van der Waals surface area contributed by atoms with Crippen molar-refractivity contribution in [2.24, 2.45) is 0 Å². The lowest BCUT2D eigenvalue weighted by atomic mass is 9.88. The monoisotopic (exact) mass is 874 g/mol. The molecule has 0 bridgehead atoms. The van der Waals surface area contributed by atoms with E-state index in [0.29, 0.717) is 34.9 Å². The fourth-order valence-electron chi connectivity index (χ4n) is 8.57. The van der Waals surface area contributed by atoms with Crippen LogP contribution in [0.1, 0.15) is 11.4 Å². The first-order valence-corrected chi connectivity index (χ1v) is 22.5. The molecule has 0 radical (unpaired) electrons. The summed E-state index contributed by atoms with van der Waals surface area (Å²) >= 11 is 0. The van der Waals surface area contributed by atoms with Crippen molar-refractivity contribution in [3.8, 4) is 113 Å². The van der Waals surface area contributed by atoms with E-state index < -0.39 is 0 Å². The first kappa shape index (κ1) is 41.6. The minimum atomic E-state index is 0.579. The highest BCUT2D eigenvalue weighted by molar-refractivity contribution is 5.93. The van der Waals surface area contributed by atoms with Gasteiger partial charge in [-0.3, -0.25) is 9.97 Å². The fraction of sp³-hybridized carbons (Fsp3) is 0.0333. The minimum absolute atomic E-state index is 0.579. The number of pyridine rings is 2. The second-order valence-electron chi connectivity index (χ2n) is 16.5. The molecule has 4 heterocycles. The molecule has 0 amide bonds. The van der Waals surface area contributed by atoms with Crippen LogP contribution in [0.3, 0.4) is 0 Å². The van der Waals surface area contributed by atoms with E-state index in [1.165, 1.54) is 0 Å². The Bertz CT molecular complexity index is 3490. The van der Waals surface area contributed by atoms with Crippen molar-refractivity contribution in [1.82, 2.24) is 39.9 Å². The van der Waals surface area contributed by atoms with Gasteiger partial charge in [-0.2, -0.15) is 0 Å². The van der Waals surface area contributed by atoms with Gasteiger partial charge in [0.2, 0.25) is 0 Å². The molecule has 11 rings (SSSR count). The third-order valence-electron chi connectivity index (χ3n) is 11.8. The van der Waals surface area contributed by atoms with Gasteiger partial charge in [-0.1, -0.05) is 170 Å². The van der Waals surface area contributed by atoms with E-state index >= 15 is 0 Å². The summed E-state index contributed by atoms with van der Waals surface area (Å²) in [6.07, 6.45) is 3.61. The van der Waals surface area contributed by atoms with Crippen molar-refractivity contribution < 1.29 is 0 Å². The van der Waals surface area contributed by atoms with E-state index in [0.717, 1.165) is 89.3 Å². The molecule has 0 aliphatic heterocycles. The van der Waals surface area contributed by atoms with Crippen LogP contribution in [0.15, 0.2) is 219 Å². The van der Waals surface area contributed by atoms with Crippen LogP contribution >= 0.6 is 0 Å². The molecular weight excluding hydrogens is 833 g/mol.